The molecular formula is C44H64N4. The number of H-pyrrole nitrogens is 4. The summed E-state index contributed by atoms with van der Waals surface area (Å²) >= 11 is 0. The van der Waals surface area contributed by atoms with Gasteiger partial charge in [-0.3, -0.25) is 0 Å². The van der Waals surface area contributed by atoms with Gasteiger partial charge in [0.05, 0.1) is 0 Å². The van der Waals surface area contributed by atoms with Gasteiger partial charge >= 0.3 is 0 Å². The van der Waals surface area contributed by atoms with E-state index in [0.717, 1.165) is 0 Å². The van der Waals surface area contributed by atoms with Crippen molar-refractivity contribution >= 4 is 24.3 Å². The van der Waals surface area contributed by atoms with Crippen molar-refractivity contribution in [2.45, 2.75) is 158 Å². The molecular weight excluding hydrogens is 585 g/mol. The first-order valence-electron chi connectivity index (χ1n) is 18.9. The molecule has 0 amide bonds. The fourth-order valence-electron chi connectivity index (χ4n) is 8.74. The van der Waals surface area contributed by atoms with Gasteiger partial charge in [-0.2, -0.15) is 0 Å². The molecule has 48 heavy (non-hydrogen) atoms. The van der Waals surface area contributed by atoms with Crippen LogP contribution in [0, 0.1) is 0 Å². The number of hydrogen-bond acceptors (Lipinski definition) is 0. The fraction of sp³-hybridized carbons (Fsp3) is 0.545. The molecule has 0 saturated carbocycles. The van der Waals surface area contributed by atoms with Crippen LogP contribution in [0.2, 0.25) is 0 Å². The zero-order valence-electron chi connectivity index (χ0n) is 32.9. The van der Waals surface area contributed by atoms with E-state index < -0.39 is 0 Å². The Kier molecular flexibility index (Phi) is 10.1. The first-order valence-corrected chi connectivity index (χ1v) is 18.9. The Bertz CT molecular complexity index is 1750. The third-order valence-electron chi connectivity index (χ3n) is 10.3. The van der Waals surface area contributed by atoms with Gasteiger partial charge < -0.3 is 19.9 Å². The van der Waals surface area contributed by atoms with Crippen molar-refractivity contribution in [2.24, 2.45) is 0 Å². The first kappa shape index (κ1) is 35.9. The summed E-state index contributed by atoms with van der Waals surface area (Å²) in [5.41, 5.74) is 16.3. The molecule has 5 heterocycles. The van der Waals surface area contributed by atoms with Crippen LogP contribution < -0.4 is 21.4 Å². The maximum absolute atomic E-state index is 3.99. The Morgan fingerprint density at radius 2 is 0.417 bits per heavy atom. The van der Waals surface area contributed by atoms with Crippen molar-refractivity contribution in [1.29, 1.82) is 0 Å². The molecule has 0 aromatic carbocycles. The van der Waals surface area contributed by atoms with E-state index >= 15 is 0 Å². The molecule has 0 fully saturated rings. The minimum atomic E-state index is 0.380. The molecule has 8 bridgehead atoms. The lowest BCUT2D eigenvalue weighted by atomic mass is 9.88. The zero-order chi connectivity index (χ0) is 35.5. The number of aromatic nitrogens is 4. The van der Waals surface area contributed by atoms with Crippen LogP contribution in [0.5, 0.6) is 0 Å². The Hall–Kier alpha value is -3.40. The van der Waals surface area contributed by atoms with Crippen LogP contribution in [0.3, 0.4) is 0 Å². The largest absolute Gasteiger partial charge is 0.355 e. The minimum absolute atomic E-state index is 0.380. The second-order valence-corrected chi connectivity index (χ2v) is 16.9. The van der Waals surface area contributed by atoms with Crippen molar-refractivity contribution in [1.82, 2.24) is 19.9 Å². The maximum atomic E-state index is 3.99. The zero-order valence-corrected chi connectivity index (χ0v) is 32.9. The van der Waals surface area contributed by atoms with Crippen LogP contribution in [0.25, 0.3) is 24.3 Å². The molecule has 0 atom stereocenters. The highest BCUT2D eigenvalue weighted by molar-refractivity contribution is 5.67. The van der Waals surface area contributed by atoms with E-state index in [1.54, 1.807) is 0 Å². The standard InChI is InChI=1S/C44H64N4/c1-21(2)37-29-17-31-39(23(5)6)41(25(9)10)33(46-31)19-35-43(27(13)14)44(28(15)16)36(48-35)20-34-42(26(11)12)40(24(7)8)32(47-34)18-30(45-29)38(37)22(3)4/h17-28,45-48H,1-16H3. The van der Waals surface area contributed by atoms with Crippen molar-refractivity contribution in [3.63, 3.8) is 0 Å². The summed E-state index contributed by atoms with van der Waals surface area (Å²) in [6, 6.07) is 0. The molecule has 4 nitrogen and oxygen atoms in total. The van der Waals surface area contributed by atoms with Gasteiger partial charge in [0, 0.05) is 44.2 Å². The molecule has 4 heteroatoms. The molecule has 0 saturated heterocycles. The van der Waals surface area contributed by atoms with Gasteiger partial charge in [-0.25, -0.2) is 0 Å². The molecule has 0 spiro atoms. The summed E-state index contributed by atoms with van der Waals surface area (Å²) in [4.78, 5) is 16.0. The van der Waals surface area contributed by atoms with Crippen molar-refractivity contribution in [2.75, 3.05) is 0 Å². The third-order valence-corrected chi connectivity index (χ3v) is 10.3. The van der Waals surface area contributed by atoms with Crippen LogP contribution in [-0.4, -0.2) is 19.9 Å². The number of hydrogen-bond donors (Lipinski definition) is 4. The molecule has 1 aliphatic rings. The van der Waals surface area contributed by atoms with Gasteiger partial charge in [0.25, 0.3) is 0 Å². The molecule has 4 N–H and O–H groups in total. The average Bonchev–Trinajstić information content (AvgIpc) is 3.69. The molecule has 4 aromatic rings. The number of rotatable bonds is 8. The summed E-state index contributed by atoms with van der Waals surface area (Å²) in [5.74, 6) is 3.04. The molecule has 0 radical (unpaired) electrons. The third kappa shape index (κ3) is 6.25. The topological polar surface area (TPSA) is 63.2 Å². The highest BCUT2D eigenvalue weighted by Crippen LogP contribution is 2.36. The predicted octanol–water partition coefficient (Wildman–Crippen LogP) is 9.61. The van der Waals surface area contributed by atoms with E-state index in [9.17, 15) is 0 Å². The second-order valence-electron chi connectivity index (χ2n) is 16.9. The second kappa shape index (κ2) is 13.5. The lowest BCUT2D eigenvalue weighted by Crippen LogP contribution is -2.14. The van der Waals surface area contributed by atoms with E-state index in [1.807, 2.05) is 0 Å². The van der Waals surface area contributed by atoms with Gasteiger partial charge in [-0.15, -0.1) is 0 Å². The normalized spacial score (nSPS) is 13.5. The van der Waals surface area contributed by atoms with E-state index in [4.69, 9.17) is 0 Å². The molecule has 0 unspecified atom stereocenters. The fourth-order valence-corrected chi connectivity index (χ4v) is 8.74. The summed E-state index contributed by atoms with van der Waals surface area (Å²) in [5, 5.41) is 4.88. The Morgan fingerprint density at radius 3 is 0.562 bits per heavy atom. The maximum Gasteiger partial charge on any atom is 0.0444 e. The highest BCUT2D eigenvalue weighted by atomic mass is 14.8. The van der Waals surface area contributed by atoms with E-state index in [1.165, 1.54) is 88.7 Å². The van der Waals surface area contributed by atoms with E-state index in [0.29, 0.717) is 47.3 Å². The molecule has 1 aliphatic heterocycles. The Labute approximate surface area is 290 Å². The smallest absolute Gasteiger partial charge is 0.0444 e. The van der Waals surface area contributed by atoms with Crippen molar-refractivity contribution < 1.29 is 0 Å². The monoisotopic (exact) mass is 649 g/mol. The SMILES string of the molecule is CC(C)c1c2[nH]c(c1C(C)C)C=c1[nH]c(c(C(C)C)c1C(C)C)=Cc1[nH]c(c(C(C)C)c1C(C)C)C=c1[nH]c(c(C(C)C)c1C(C)C)=C2. The minimum Gasteiger partial charge on any atom is -0.355 e. The molecule has 0 aliphatic carbocycles. The molecule has 260 valence electrons. The summed E-state index contributed by atoms with van der Waals surface area (Å²) in [6.07, 6.45) is 9.68. The van der Waals surface area contributed by atoms with Gasteiger partial charge in [0.1, 0.15) is 0 Å². The van der Waals surface area contributed by atoms with E-state index in [-0.39, 0.29) is 0 Å². The van der Waals surface area contributed by atoms with Gasteiger partial charge in [-0.05, 0) is 116 Å². The molecule has 4 aromatic heterocycles. The Morgan fingerprint density at radius 1 is 0.250 bits per heavy atom. The first-order chi connectivity index (χ1) is 22.4. The van der Waals surface area contributed by atoms with Crippen LogP contribution >= 0.6 is 0 Å². The number of nitrogens with one attached hydrogen (secondary N) is 4. The quantitative estimate of drug-likeness (QED) is 0.130. The Balaban J connectivity index is 2.12. The number of aromatic amines is 4. The van der Waals surface area contributed by atoms with Crippen LogP contribution in [0.4, 0.5) is 0 Å². The van der Waals surface area contributed by atoms with Crippen molar-refractivity contribution in [3.05, 3.63) is 88.7 Å². The summed E-state index contributed by atoms with van der Waals surface area (Å²) < 4.78 is 0. The van der Waals surface area contributed by atoms with Gasteiger partial charge in [0.15, 0.2) is 0 Å². The van der Waals surface area contributed by atoms with E-state index in [2.05, 4.69) is 155 Å². The van der Waals surface area contributed by atoms with Crippen LogP contribution in [0.1, 0.15) is 225 Å². The lowest BCUT2D eigenvalue weighted by molar-refractivity contribution is 0.788. The molecule has 5 rings (SSSR count). The van der Waals surface area contributed by atoms with Gasteiger partial charge in [0.2, 0.25) is 0 Å². The summed E-state index contributed by atoms with van der Waals surface area (Å²) in [7, 11) is 0. The number of fused-ring (bicyclic) bond motifs is 8. The van der Waals surface area contributed by atoms with Crippen LogP contribution in [-0.2, 0) is 0 Å². The van der Waals surface area contributed by atoms with Crippen molar-refractivity contribution in [3.8, 4) is 0 Å². The summed E-state index contributed by atoms with van der Waals surface area (Å²) in [6.45, 7) is 37.5. The predicted molar refractivity (Wildman–Crippen MR) is 209 cm³/mol. The highest BCUT2D eigenvalue weighted by Gasteiger charge is 2.25. The lowest BCUT2D eigenvalue weighted by Gasteiger charge is -2.14. The van der Waals surface area contributed by atoms with Gasteiger partial charge in [-0.1, -0.05) is 111 Å². The van der Waals surface area contributed by atoms with Crippen LogP contribution in [0.15, 0.2) is 0 Å². The average molecular weight is 649 g/mol.